The summed E-state index contributed by atoms with van der Waals surface area (Å²) in [6.45, 7) is 3.96. The minimum absolute atomic E-state index is 0.0607. The van der Waals surface area contributed by atoms with Gasteiger partial charge < -0.3 is 19.7 Å². The number of nitrogens with zero attached hydrogens (tertiary/aromatic N) is 1. The van der Waals surface area contributed by atoms with Crippen LogP contribution in [0.2, 0.25) is 0 Å². The normalized spacial score (nSPS) is 20.0. The first kappa shape index (κ1) is 23.6. The van der Waals surface area contributed by atoms with Gasteiger partial charge >= 0.3 is 5.97 Å². The van der Waals surface area contributed by atoms with Crippen molar-refractivity contribution in [3.63, 3.8) is 0 Å². The number of carbonyl (C=O) groups is 2. The molecule has 0 radical (unpaired) electrons. The standard InChI is InChI=1S/C28H32N2O4/c1-6-34-28(32)25-17(2)29-23-15-20(18-9-13-22(33-5)14-10-18)16-24(31)27(23)26(25)19-7-11-21(12-8-19)30(3)4/h7-14,20,26,29H,6,15-16H2,1-5H3/t20-,26+/m1/s1. The number of dihydropyridines is 1. The van der Waals surface area contributed by atoms with E-state index in [0.29, 0.717) is 24.0 Å². The molecule has 0 saturated heterocycles. The highest BCUT2D eigenvalue weighted by molar-refractivity contribution is 6.04. The van der Waals surface area contributed by atoms with E-state index in [0.717, 1.165) is 34.0 Å². The Bertz CT molecular complexity index is 1140. The SMILES string of the molecule is CCOC(=O)C1=C(C)NC2=C(C(=O)C[C@H](c3ccc(OC)cc3)C2)[C@H]1c1ccc(N(C)C)cc1. The van der Waals surface area contributed by atoms with Crippen molar-refractivity contribution in [2.45, 2.75) is 38.5 Å². The molecule has 0 spiro atoms. The zero-order chi connectivity index (χ0) is 24.4. The fourth-order valence-electron chi connectivity index (χ4n) is 4.93. The first-order chi connectivity index (χ1) is 16.3. The topological polar surface area (TPSA) is 67.9 Å². The number of hydrogen-bond acceptors (Lipinski definition) is 6. The number of benzene rings is 2. The van der Waals surface area contributed by atoms with Crippen LogP contribution >= 0.6 is 0 Å². The molecule has 0 saturated carbocycles. The monoisotopic (exact) mass is 460 g/mol. The lowest BCUT2D eigenvalue weighted by atomic mass is 9.71. The molecule has 0 unspecified atom stereocenters. The fraction of sp³-hybridized carbons (Fsp3) is 0.357. The van der Waals surface area contributed by atoms with Gasteiger partial charge in [-0.2, -0.15) is 0 Å². The molecule has 2 atom stereocenters. The lowest BCUT2D eigenvalue weighted by Crippen LogP contribution is -2.36. The third-order valence-corrected chi connectivity index (χ3v) is 6.65. The summed E-state index contributed by atoms with van der Waals surface area (Å²) in [4.78, 5) is 28.7. The molecule has 6 nitrogen and oxygen atoms in total. The maximum absolute atomic E-state index is 13.6. The van der Waals surface area contributed by atoms with Crippen LogP contribution in [-0.2, 0) is 14.3 Å². The summed E-state index contributed by atoms with van der Waals surface area (Å²) < 4.78 is 10.7. The second kappa shape index (κ2) is 9.75. The number of esters is 1. The predicted molar refractivity (Wildman–Crippen MR) is 133 cm³/mol. The van der Waals surface area contributed by atoms with Crippen LogP contribution in [0.4, 0.5) is 5.69 Å². The molecule has 34 heavy (non-hydrogen) atoms. The molecule has 1 aliphatic carbocycles. The third kappa shape index (κ3) is 4.45. The largest absolute Gasteiger partial charge is 0.497 e. The summed E-state index contributed by atoms with van der Waals surface area (Å²) in [5.74, 6) is 0.0891. The van der Waals surface area contributed by atoms with E-state index in [4.69, 9.17) is 9.47 Å². The van der Waals surface area contributed by atoms with Gasteiger partial charge in [-0.1, -0.05) is 24.3 Å². The molecule has 0 bridgehead atoms. The molecule has 0 amide bonds. The zero-order valence-electron chi connectivity index (χ0n) is 20.5. The van der Waals surface area contributed by atoms with Crippen LogP contribution in [-0.4, -0.2) is 39.6 Å². The van der Waals surface area contributed by atoms with E-state index in [1.807, 2.05) is 74.4 Å². The van der Waals surface area contributed by atoms with E-state index in [2.05, 4.69) is 5.32 Å². The summed E-state index contributed by atoms with van der Waals surface area (Å²) in [5.41, 5.74) is 5.89. The maximum atomic E-state index is 13.6. The average molecular weight is 461 g/mol. The number of Topliss-reactive ketones (excluding diaryl/α,β-unsaturated/α-hetero) is 1. The van der Waals surface area contributed by atoms with Gasteiger partial charge in [0.05, 0.1) is 19.3 Å². The Kier molecular flexibility index (Phi) is 6.77. The number of allylic oxidation sites excluding steroid dienone is 3. The van der Waals surface area contributed by atoms with Gasteiger partial charge in [0.25, 0.3) is 0 Å². The molecule has 0 fully saturated rings. The van der Waals surface area contributed by atoms with Crippen LogP contribution in [0.5, 0.6) is 5.75 Å². The molecule has 4 rings (SSSR count). The highest BCUT2D eigenvalue weighted by Gasteiger charge is 2.41. The Labute approximate surface area is 201 Å². The third-order valence-electron chi connectivity index (χ3n) is 6.65. The summed E-state index contributed by atoms with van der Waals surface area (Å²) >= 11 is 0. The minimum atomic E-state index is -0.448. The molecular weight excluding hydrogens is 428 g/mol. The summed E-state index contributed by atoms with van der Waals surface area (Å²) in [6, 6.07) is 15.9. The van der Waals surface area contributed by atoms with Gasteiger partial charge in [0.15, 0.2) is 5.78 Å². The number of ketones is 1. The van der Waals surface area contributed by atoms with Gasteiger partial charge in [0, 0.05) is 49.1 Å². The lowest BCUT2D eigenvalue weighted by molar-refractivity contribution is -0.138. The lowest BCUT2D eigenvalue weighted by Gasteiger charge is -2.36. The van der Waals surface area contributed by atoms with Crippen molar-refractivity contribution in [1.29, 1.82) is 0 Å². The first-order valence-electron chi connectivity index (χ1n) is 11.7. The molecule has 1 N–H and O–H groups in total. The maximum Gasteiger partial charge on any atom is 0.336 e. The van der Waals surface area contributed by atoms with E-state index < -0.39 is 5.92 Å². The average Bonchev–Trinajstić information content (AvgIpc) is 2.83. The van der Waals surface area contributed by atoms with E-state index in [1.165, 1.54) is 0 Å². The molecule has 6 heteroatoms. The number of methoxy groups -OCH3 is 1. The summed E-state index contributed by atoms with van der Waals surface area (Å²) in [6.07, 6.45) is 1.10. The number of rotatable bonds is 6. The van der Waals surface area contributed by atoms with Crippen molar-refractivity contribution >= 4 is 17.4 Å². The van der Waals surface area contributed by atoms with Gasteiger partial charge in [0.2, 0.25) is 0 Å². The number of anilines is 1. The van der Waals surface area contributed by atoms with Crippen molar-refractivity contribution in [2.75, 3.05) is 32.7 Å². The highest BCUT2D eigenvalue weighted by atomic mass is 16.5. The molecule has 2 aromatic rings. The van der Waals surface area contributed by atoms with Crippen molar-refractivity contribution < 1.29 is 19.1 Å². The Morgan fingerprint density at radius 1 is 1.03 bits per heavy atom. The summed E-state index contributed by atoms with van der Waals surface area (Å²) in [7, 11) is 5.61. The molecule has 2 aromatic carbocycles. The Morgan fingerprint density at radius 2 is 1.68 bits per heavy atom. The first-order valence-corrected chi connectivity index (χ1v) is 11.7. The van der Waals surface area contributed by atoms with Gasteiger partial charge in [-0.15, -0.1) is 0 Å². The number of nitrogens with one attached hydrogen (secondary N) is 1. The van der Waals surface area contributed by atoms with E-state index in [9.17, 15) is 9.59 Å². The van der Waals surface area contributed by atoms with E-state index in [1.54, 1.807) is 14.0 Å². The molecule has 0 aromatic heterocycles. The van der Waals surface area contributed by atoms with Crippen molar-refractivity contribution in [1.82, 2.24) is 5.32 Å². The molecule has 2 aliphatic rings. The predicted octanol–water partition coefficient (Wildman–Crippen LogP) is 4.69. The molecular formula is C28H32N2O4. The summed E-state index contributed by atoms with van der Waals surface area (Å²) in [5, 5.41) is 3.39. The minimum Gasteiger partial charge on any atom is -0.497 e. The van der Waals surface area contributed by atoms with Crippen LogP contribution in [0.25, 0.3) is 0 Å². The second-order valence-corrected chi connectivity index (χ2v) is 9.00. The zero-order valence-corrected chi connectivity index (χ0v) is 20.5. The van der Waals surface area contributed by atoms with Gasteiger partial charge in [-0.3, -0.25) is 4.79 Å². The van der Waals surface area contributed by atoms with Crippen molar-refractivity contribution in [3.05, 3.63) is 82.2 Å². The van der Waals surface area contributed by atoms with Crippen LogP contribution in [0, 0.1) is 0 Å². The Hall–Kier alpha value is -3.54. The van der Waals surface area contributed by atoms with Crippen molar-refractivity contribution in [2.24, 2.45) is 0 Å². The fourth-order valence-corrected chi connectivity index (χ4v) is 4.93. The number of carbonyl (C=O) groups excluding carboxylic acids is 2. The molecule has 178 valence electrons. The Balaban J connectivity index is 1.76. The second-order valence-electron chi connectivity index (χ2n) is 9.00. The van der Waals surface area contributed by atoms with Crippen LogP contribution in [0.1, 0.15) is 49.7 Å². The smallest absolute Gasteiger partial charge is 0.336 e. The van der Waals surface area contributed by atoms with Gasteiger partial charge in [0.1, 0.15) is 5.75 Å². The Morgan fingerprint density at radius 3 is 2.26 bits per heavy atom. The quantitative estimate of drug-likeness (QED) is 0.631. The molecule has 1 aliphatic heterocycles. The van der Waals surface area contributed by atoms with Crippen LogP contribution in [0.15, 0.2) is 71.1 Å². The van der Waals surface area contributed by atoms with E-state index in [-0.39, 0.29) is 24.3 Å². The van der Waals surface area contributed by atoms with Crippen LogP contribution in [0.3, 0.4) is 0 Å². The number of ether oxygens (including phenoxy) is 2. The van der Waals surface area contributed by atoms with Crippen LogP contribution < -0.4 is 15.0 Å². The van der Waals surface area contributed by atoms with Crippen molar-refractivity contribution in [3.8, 4) is 5.75 Å². The van der Waals surface area contributed by atoms with E-state index >= 15 is 0 Å². The molecule has 1 heterocycles. The highest BCUT2D eigenvalue weighted by Crippen LogP contribution is 2.46. The van der Waals surface area contributed by atoms with Gasteiger partial charge in [-0.05, 0) is 61.6 Å². The number of hydrogen-bond donors (Lipinski definition) is 1. The van der Waals surface area contributed by atoms with Gasteiger partial charge in [-0.25, -0.2) is 4.79 Å².